The van der Waals surface area contributed by atoms with Crippen LogP contribution in [0.2, 0.25) is 0 Å². The SMILES string of the molecule is Cc1ccccc1-n1c(C)nnc1SC(C)C(=O)NCCC1=CCCCC1. The van der Waals surface area contributed by atoms with Crippen molar-refractivity contribution in [1.29, 1.82) is 0 Å². The first-order valence-electron chi connectivity index (χ1n) is 9.66. The smallest absolute Gasteiger partial charge is 0.233 e. The lowest BCUT2D eigenvalue weighted by Crippen LogP contribution is -2.32. The van der Waals surface area contributed by atoms with Gasteiger partial charge in [-0.25, -0.2) is 0 Å². The van der Waals surface area contributed by atoms with Crippen molar-refractivity contribution in [3.05, 3.63) is 47.3 Å². The molecule has 1 atom stereocenters. The molecule has 1 unspecified atom stereocenters. The molecule has 1 aromatic heterocycles. The van der Waals surface area contributed by atoms with Crippen LogP contribution < -0.4 is 5.32 Å². The molecule has 0 fully saturated rings. The number of aryl methyl sites for hydroxylation is 2. The molecule has 0 aliphatic heterocycles. The van der Waals surface area contributed by atoms with E-state index in [4.69, 9.17) is 0 Å². The third-order valence-electron chi connectivity index (χ3n) is 4.93. The summed E-state index contributed by atoms with van der Waals surface area (Å²) >= 11 is 1.45. The molecule has 0 bridgehead atoms. The van der Waals surface area contributed by atoms with Gasteiger partial charge in [0.25, 0.3) is 0 Å². The molecule has 0 spiro atoms. The molecule has 0 radical (unpaired) electrons. The highest BCUT2D eigenvalue weighted by atomic mass is 32.2. The summed E-state index contributed by atoms with van der Waals surface area (Å²) in [6.45, 7) is 6.64. The second kappa shape index (κ2) is 9.22. The number of carbonyl (C=O) groups excluding carboxylic acids is 1. The predicted octanol–water partition coefficient (Wildman–Crippen LogP) is 4.37. The van der Waals surface area contributed by atoms with Crippen molar-refractivity contribution in [2.24, 2.45) is 0 Å². The van der Waals surface area contributed by atoms with Crippen molar-refractivity contribution in [1.82, 2.24) is 20.1 Å². The molecule has 1 aliphatic rings. The van der Waals surface area contributed by atoms with Crippen LogP contribution in [0.15, 0.2) is 41.1 Å². The molecule has 0 saturated heterocycles. The number of para-hydroxylation sites is 1. The molecule has 1 N–H and O–H groups in total. The van der Waals surface area contributed by atoms with E-state index in [1.807, 2.05) is 30.5 Å². The van der Waals surface area contributed by atoms with Gasteiger partial charge in [0.1, 0.15) is 5.82 Å². The number of hydrogen-bond donors (Lipinski definition) is 1. The molecule has 144 valence electrons. The van der Waals surface area contributed by atoms with Gasteiger partial charge in [-0.15, -0.1) is 10.2 Å². The lowest BCUT2D eigenvalue weighted by atomic mass is 9.97. The molecule has 3 rings (SSSR count). The fourth-order valence-corrected chi connectivity index (χ4v) is 4.27. The number of benzene rings is 1. The van der Waals surface area contributed by atoms with Crippen LogP contribution in [0.1, 0.15) is 50.4 Å². The number of thioether (sulfide) groups is 1. The zero-order chi connectivity index (χ0) is 19.2. The molecule has 5 nitrogen and oxygen atoms in total. The molecule has 1 aromatic carbocycles. The van der Waals surface area contributed by atoms with E-state index in [2.05, 4.69) is 40.6 Å². The largest absolute Gasteiger partial charge is 0.355 e. The normalized spacial score (nSPS) is 15.3. The van der Waals surface area contributed by atoms with E-state index >= 15 is 0 Å². The van der Waals surface area contributed by atoms with E-state index in [9.17, 15) is 4.79 Å². The topological polar surface area (TPSA) is 59.8 Å². The minimum atomic E-state index is -0.225. The summed E-state index contributed by atoms with van der Waals surface area (Å²) in [6, 6.07) is 8.15. The number of nitrogens with one attached hydrogen (secondary N) is 1. The van der Waals surface area contributed by atoms with Gasteiger partial charge in [-0.1, -0.05) is 41.6 Å². The summed E-state index contributed by atoms with van der Waals surface area (Å²) in [5, 5.41) is 12.1. The quantitative estimate of drug-likeness (QED) is 0.569. The van der Waals surface area contributed by atoms with Crippen LogP contribution in [0.5, 0.6) is 0 Å². The van der Waals surface area contributed by atoms with Gasteiger partial charge in [-0.05, 0) is 64.5 Å². The van der Waals surface area contributed by atoms with Crippen LogP contribution in [-0.2, 0) is 4.79 Å². The van der Waals surface area contributed by atoms with Gasteiger partial charge in [0.05, 0.1) is 10.9 Å². The Bertz CT molecular complexity index is 827. The van der Waals surface area contributed by atoms with Crippen molar-refractivity contribution in [3.8, 4) is 5.69 Å². The fraction of sp³-hybridized carbons (Fsp3) is 0.476. The minimum absolute atomic E-state index is 0.0494. The Labute approximate surface area is 165 Å². The maximum absolute atomic E-state index is 12.5. The first-order chi connectivity index (χ1) is 13.1. The van der Waals surface area contributed by atoms with E-state index in [1.54, 1.807) is 0 Å². The monoisotopic (exact) mass is 384 g/mol. The van der Waals surface area contributed by atoms with Gasteiger partial charge >= 0.3 is 0 Å². The Morgan fingerprint density at radius 3 is 2.81 bits per heavy atom. The molecule has 1 heterocycles. The van der Waals surface area contributed by atoms with E-state index < -0.39 is 0 Å². The van der Waals surface area contributed by atoms with Crippen LogP contribution >= 0.6 is 11.8 Å². The first kappa shape index (κ1) is 19.7. The van der Waals surface area contributed by atoms with E-state index in [0.717, 1.165) is 28.7 Å². The molecular weight excluding hydrogens is 356 g/mol. The Morgan fingerprint density at radius 2 is 2.07 bits per heavy atom. The highest BCUT2D eigenvalue weighted by Crippen LogP contribution is 2.27. The van der Waals surface area contributed by atoms with Crippen LogP contribution in [0.4, 0.5) is 0 Å². The van der Waals surface area contributed by atoms with Crippen molar-refractivity contribution in [2.45, 2.75) is 63.3 Å². The Hall–Kier alpha value is -2.08. The van der Waals surface area contributed by atoms with Crippen molar-refractivity contribution < 1.29 is 4.79 Å². The summed E-state index contributed by atoms with van der Waals surface area (Å²) in [5.41, 5.74) is 3.69. The number of carbonyl (C=O) groups is 1. The lowest BCUT2D eigenvalue weighted by molar-refractivity contribution is -0.120. The summed E-state index contributed by atoms with van der Waals surface area (Å²) in [6.07, 6.45) is 8.23. The van der Waals surface area contributed by atoms with Gasteiger partial charge in [-0.3, -0.25) is 9.36 Å². The minimum Gasteiger partial charge on any atom is -0.355 e. The van der Waals surface area contributed by atoms with E-state index in [-0.39, 0.29) is 11.2 Å². The number of allylic oxidation sites excluding steroid dienone is 1. The third-order valence-corrected chi connectivity index (χ3v) is 5.98. The molecule has 6 heteroatoms. The van der Waals surface area contributed by atoms with Gasteiger partial charge in [0, 0.05) is 6.54 Å². The average Bonchev–Trinajstić information content (AvgIpc) is 3.03. The van der Waals surface area contributed by atoms with Crippen LogP contribution in [0, 0.1) is 13.8 Å². The molecule has 27 heavy (non-hydrogen) atoms. The van der Waals surface area contributed by atoms with Crippen LogP contribution in [0.3, 0.4) is 0 Å². The number of rotatable bonds is 7. The Morgan fingerprint density at radius 1 is 1.26 bits per heavy atom. The number of hydrogen-bond acceptors (Lipinski definition) is 4. The van der Waals surface area contributed by atoms with Crippen LogP contribution in [0.25, 0.3) is 5.69 Å². The maximum atomic E-state index is 12.5. The number of aromatic nitrogens is 3. The Kier molecular flexibility index (Phi) is 6.72. The van der Waals surface area contributed by atoms with Crippen LogP contribution in [-0.4, -0.2) is 32.5 Å². The highest BCUT2D eigenvalue weighted by molar-refractivity contribution is 8.00. The summed E-state index contributed by atoms with van der Waals surface area (Å²) in [5.74, 6) is 0.872. The Balaban J connectivity index is 1.61. The standard InChI is InChI=1S/C21H28N4OS/c1-15-9-7-8-12-19(15)25-17(3)23-24-21(25)27-16(2)20(26)22-14-13-18-10-5-4-6-11-18/h7-10,12,16H,4-6,11,13-14H2,1-3H3,(H,22,26). The lowest BCUT2D eigenvalue weighted by Gasteiger charge is -2.16. The first-order valence-corrected chi connectivity index (χ1v) is 10.5. The van der Waals surface area contributed by atoms with Crippen molar-refractivity contribution in [2.75, 3.05) is 6.54 Å². The average molecular weight is 385 g/mol. The zero-order valence-corrected chi connectivity index (χ0v) is 17.2. The van der Waals surface area contributed by atoms with E-state index in [0.29, 0.717) is 6.54 Å². The van der Waals surface area contributed by atoms with Gasteiger partial charge in [0.15, 0.2) is 5.16 Å². The van der Waals surface area contributed by atoms with Gasteiger partial charge < -0.3 is 5.32 Å². The maximum Gasteiger partial charge on any atom is 0.233 e. The second-order valence-corrected chi connectivity index (χ2v) is 8.37. The fourth-order valence-electron chi connectivity index (χ4n) is 3.34. The summed E-state index contributed by atoms with van der Waals surface area (Å²) in [4.78, 5) is 12.5. The number of amides is 1. The molecule has 1 amide bonds. The van der Waals surface area contributed by atoms with E-state index in [1.165, 1.54) is 43.0 Å². The van der Waals surface area contributed by atoms with Crippen molar-refractivity contribution >= 4 is 17.7 Å². The molecular formula is C21H28N4OS. The third kappa shape index (κ3) is 5.01. The highest BCUT2D eigenvalue weighted by Gasteiger charge is 2.20. The van der Waals surface area contributed by atoms with Gasteiger partial charge in [-0.2, -0.15) is 0 Å². The zero-order valence-electron chi connectivity index (χ0n) is 16.4. The summed E-state index contributed by atoms with van der Waals surface area (Å²) < 4.78 is 2.02. The van der Waals surface area contributed by atoms with Crippen molar-refractivity contribution in [3.63, 3.8) is 0 Å². The molecule has 1 aliphatic carbocycles. The second-order valence-electron chi connectivity index (χ2n) is 7.06. The molecule has 2 aromatic rings. The molecule has 0 saturated carbocycles. The number of nitrogens with zero attached hydrogens (tertiary/aromatic N) is 3. The predicted molar refractivity (Wildman–Crippen MR) is 110 cm³/mol. The van der Waals surface area contributed by atoms with Gasteiger partial charge in [0.2, 0.25) is 5.91 Å². The summed E-state index contributed by atoms with van der Waals surface area (Å²) in [7, 11) is 0.